The van der Waals surface area contributed by atoms with Gasteiger partial charge < -0.3 is 10.2 Å². The van der Waals surface area contributed by atoms with Crippen molar-refractivity contribution in [2.75, 3.05) is 18.0 Å². The zero-order chi connectivity index (χ0) is 15.7. The average Bonchev–Trinajstić information content (AvgIpc) is 3.00. The van der Waals surface area contributed by atoms with Crippen LogP contribution >= 0.6 is 11.3 Å². The van der Waals surface area contributed by atoms with Crippen LogP contribution in [0.15, 0.2) is 0 Å². The Bertz CT molecular complexity index is 469. The van der Waals surface area contributed by atoms with Gasteiger partial charge in [0.1, 0.15) is 0 Å². The molecular formula is C17H31N3S. The summed E-state index contributed by atoms with van der Waals surface area (Å²) in [7, 11) is 0. The molecule has 4 heteroatoms. The lowest BCUT2D eigenvalue weighted by molar-refractivity contribution is 0.301. The molecule has 2 heterocycles. The van der Waals surface area contributed by atoms with E-state index in [1.807, 2.05) is 11.3 Å². The minimum atomic E-state index is 0.157. The second kappa shape index (κ2) is 6.25. The summed E-state index contributed by atoms with van der Waals surface area (Å²) in [4.78, 5) is 8.72. The summed E-state index contributed by atoms with van der Waals surface area (Å²) >= 11 is 1.87. The fraction of sp³-hybridized carbons (Fsp3) is 0.824. The van der Waals surface area contributed by atoms with Gasteiger partial charge in [-0.3, -0.25) is 0 Å². The Morgan fingerprint density at radius 3 is 2.48 bits per heavy atom. The molecule has 0 unspecified atom stereocenters. The van der Waals surface area contributed by atoms with Crippen molar-refractivity contribution in [3.63, 3.8) is 0 Å². The molecule has 21 heavy (non-hydrogen) atoms. The lowest BCUT2D eigenvalue weighted by Crippen LogP contribution is -2.34. The molecule has 0 radical (unpaired) electrons. The predicted molar refractivity (Wildman–Crippen MR) is 93.3 cm³/mol. The van der Waals surface area contributed by atoms with Crippen LogP contribution < -0.4 is 10.2 Å². The van der Waals surface area contributed by atoms with E-state index in [1.165, 1.54) is 48.1 Å². The zero-order valence-electron chi connectivity index (χ0n) is 14.5. The van der Waals surface area contributed by atoms with E-state index in [9.17, 15) is 0 Å². The van der Waals surface area contributed by atoms with E-state index in [2.05, 4.69) is 51.8 Å². The summed E-state index contributed by atoms with van der Waals surface area (Å²) in [5, 5.41) is 4.80. The standard InChI is InChI=1S/C17H31N3S/c1-7-17(8-2)9-10-20(12-17)15-19-13(3)14(21-15)11-18-16(4,5)6/h18H,7-12H2,1-6H3. The predicted octanol–water partition coefficient (Wildman–Crippen LogP) is 4.36. The highest BCUT2D eigenvalue weighted by molar-refractivity contribution is 7.15. The topological polar surface area (TPSA) is 28.2 Å². The van der Waals surface area contributed by atoms with Gasteiger partial charge in [-0.05, 0) is 52.4 Å². The molecule has 0 aliphatic carbocycles. The van der Waals surface area contributed by atoms with Gasteiger partial charge in [0.2, 0.25) is 0 Å². The molecule has 0 amide bonds. The first-order chi connectivity index (χ1) is 9.78. The lowest BCUT2D eigenvalue weighted by atomic mass is 9.82. The molecular weight excluding hydrogens is 278 g/mol. The molecule has 2 rings (SSSR count). The van der Waals surface area contributed by atoms with Crippen LogP contribution in [0, 0.1) is 12.3 Å². The highest BCUT2D eigenvalue weighted by atomic mass is 32.1. The highest BCUT2D eigenvalue weighted by Crippen LogP contribution is 2.40. The number of aromatic nitrogens is 1. The van der Waals surface area contributed by atoms with E-state index in [4.69, 9.17) is 4.98 Å². The highest BCUT2D eigenvalue weighted by Gasteiger charge is 2.36. The first-order valence-corrected chi connectivity index (χ1v) is 9.06. The lowest BCUT2D eigenvalue weighted by Gasteiger charge is -2.26. The Kier molecular flexibility index (Phi) is 4.99. The van der Waals surface area contributed by atoms with E-state index in [1.54, 1.807) is 0 Å². The third-order valence-electron chi connectivity index (χ3n) is 4.87. The number of hydrogen-bond donors (Lipinski definition) is 1. The van der Waals surface area contributed by atoms with Crippen LogP contribution in [0.5, 0.6) is 0 Å². The van der Waals surface area contributed by atoms with Gasteiger partial charge in [0, 0.05) is 30.1 Å². The molecule has 1 saturated heterocycles. The molecule has 3 nitrogen and oxygen atoms in total. The number of nitrogens with one attached hydrogen (secondary N) is 1. The summed E-state index contributed by atoms with van der Waals surface area (Å²) < 4.78 is 0. The third-order valence-corrected chi connectivity index (χ3v) is 6.09. The van der Waals surface area contributed by atoms with Gasteiger partial charge in [-0.15, -0.1) is 11.3 Å². The Balaban J connectivity index is 2.06. The maximum Gasteiger partial charge on any atom is 0.185 e. The molecule has 1 N–H and O–H groups in total. The van der Waals surface area contributed by atoms with E-state index in [0.29, 0.717) is 5.41 Å². The van der Waals surface area contributed by atoms with Gasteiger partial charge in [0.05, 0.1) is 5.69 Å². The molecule has 0 saturated carbocycles. The van der Waals surface area contributed by atoms with Gasteiger partial charge in [-0.25, -0.2) is 4.98 Å². The van der Waals surface area contributed by atoms with Gasteiger partial charge in [-0.2, -0.15) is 0 Å². The van der Waals surface area contributed by atoms with Crippen molar-refractivity contribution < 1.29 is 0 Å². The number of rotatable bonds is 5. The van der Waals surface area contributed by atoms with Gasteiger partial charge >= 0.3 is 0 Å². The largest absolute Gasteiger partial charge is 0.348 e. The normalized spacial score (nSPS) is 18.5. The van der Waals surface area contributed by atoms with Crippen LogP contribution in [0.4, 0.5) is 5.13 Å². The average molecular weight is 310 g/mol. The van der Waals surface area contributed by atoms with Crippen LogP contribution in [-0.2, 0) is 6.54 Å². The number of thiazole rings is 1. The molecule has 0 bridgehead atoms. The summed E-state index contributed by atoms with van der Waals surface area (Å²) in [6.45, 7) is 16.7. The van der Waals surface area contributed by atoms with Crippen LogP contribution in [0.3, 0.4) is 0 Å². The van der Waals surface area contributed by atoms with Crippen molar-refractivity contribution in [1.29, 1.82) is 0 Å². The molecule has 1 aliphatic heterocycles. The number of aryl methyl sites for hydroxylation is 1. The maximum atomic E-state index is 4.83. The summed E-state index contributed by atoms with van der Waals surface area (Å²) in [6.07, 6.45) is 3.87. The van der Waals surface area contributed by atoms with E-state index >= 15 is 0 Å². The smallest absolute Gasteiger partial charge is 0.185 e. The molecule has 1 aromatic rings. The number of nitrogens with zero attached hydrogens (tertiary/aromatic N) is 2. The molecule has 120 valence electrons. The van der Waals surface area contributed by atoms with Crippen molar-refractivity contribution in [2.45, 2.75) is 72.9 Å². The SMILES string of the molecule is CCC1(CC)CCN(c2nc(C)c(CNC(C)(C)C)s2)C1. The molecule has 0 aromatic carbocycles. The van der Waals surface area contributed by atoms with E-state index in [-0.39, 0.29) is 5.54 Å². The minimum absolute atomic E-state index is 0.157. The minimum Gasteiger partial charge on any atom is -0.348 e. The Morgan fingerprint density at radius 2 is 1.95 bits per heavy atom. The quantitative estimate of drug-likeness (QED) is 0.876. The summed E-state index contributed by atoms with van der Waals surface area (Å²) in [5.41, 5.74) is 1.87. The van der Waals surface area contributed by atoms with Gasteiger partial charge in [0.15, 0.2) is 5.13 Å². The van der Waals surface area contributed by atoms with Crippen molar-refractivity contribution in [3.05, 3.63) is 10.6 Å². The molecule has 0 atom stereocenters. The Hall–Kier alpha value is -0.610. The summed E-state index contributed by atoms with van der Waals surface area (Å²) in [5.74, 6) is 0. The van der Waals surface area contributed by atoms with E-state index < -0.39 is 0 Å². The van der Waals surface area contributed by atoms with Crippen molar-refractivity contribution in [1.82, 2.24) is 10.3 Å². The summed E-state index contributed by atoms with van der Waals surface area (Å²) in [6, 6.07) is 0. The zero-order valence-corrected chi connectivity index (χ0v) is 15.4. The first-order valence-electron chi connectivity index (χ1n) is 8.25. The second-order valence-electron chi connectivity index (χ2n) is 7.49. The van der Waals surface area contributed by atoms with Crippen LogP contribution in [0.25, 0.3) is 0 Å². The maximum absolute atomic E-state index is 4.83. The van der Waals surface area contributed by atoms with Crippen LogP contribution in [0.2, 0.25) is 0 Å². The van der Waals surface area contributed by atoms with Crippen LogP contribution in [-0.4, -0.2) is 23.6 Å². The molecule has 0 spiro atoms. The molecule has 1 aliphatic rings. The molecule has 1 fully saturated rings. The number of hydrogen-bond acceptors (Lipinski definition) is 4. The monoisotopic (exact) mass is 309 g/mol. The Labute approximate surface area is 134 Å². The number of anilines is 1. The first kappa shape index (κ1) is 16.8. The van der Waals surface area contributed by atoms with Gasteiger partial charge in [0.25, 0.3) is 0 Å². The second-order valence-corrected chi connectivity index (χ2v) is 8.55. The fourth-order valence-electron chi connectivity index (χ4n) is 2.98. The van der Waals surface area contributed by atoms with Crippen molar-refractivity contribution in [3.8, 4) is 0 Å². The van der Waals surface area contributed by atoms with Crippen molar-refractivity contribution in [2.24, 2.45) is 5.41 Å². The Morgan fingerprint density at radius 1 is 1.29 bits per heavy atom. The van der Waals surface area contributed by atoms with Gasteiger partial charge in [-0.1, -0.05) is 13.8 Å². The van der Waals surface area contributed by atoms with E-state index in [0.717, 1.165) is 6.54 Å². The molecule has 1 aromatic heterocycles. The van der Waals surface area contributed by atoms with Crippen LogP contribution in [0.1, 0.15) is 64.5 Å². The third kappa shape index (κ3) is 3.98. The van der Waals surface area contributed by atoms with Crippen molar-refractivity contribution >= 4 is 16.5 Å². The fourth-order valence-corrected chi connectivity index (χ4v) is 4.01.